The van der Waals surface area contributed by atoms with Gasteiger partial charge in [0.15, 0.2) is 0 Å². The van der Waals surface area contributed by atoms with Crippen molar-refractivity contribution < 1.29 is 19.2 Å². The summed E-state index contributed by atoms with van der Waals surface area (Å²) in [7, 11) is 3.23. The predicted molar refractivity (Wildman–Crippen MR) is 103 cm³/mol. The third-order valence-electron chi connectivity index (χ3n) is 5.61. The van der Waals surface area contributed by atoms with Gasteiger partial charge in [0, 0.05) is 42.0 Å². The normalized spacial score (nSPS) is 16.2. The average molecular weight is 379 g/mol. The van der Waals surface area contributed by atoms with Crippen molar-refractivity contribution in [1.82, 2.24) is 14.9 Å². The maximum absolute atomic E-state index is 13.2. The molecular weight excluding hydrogens is 358 g/mol. The summed E-state index contributed by atoms with van der Waals surface area (Å²) in [5, 5.41) is 3.29. The number of amides is 4. The lowest BCUT2D eigenvalue weighted by Gasteiger charge is -2.36. The van der Waals surface area contributed by atoms with Gasteiger partial charge < -0.3 is 0 Å². The molecule has 4 rings (SSSR count). The SMILES string of the molecule is CCC(CC)N1C(=O)c2ccc3c4c(ccc(c24)C1=O)C(=O)N(N(C)C)C3=O. The highest BCUT2D eigenvalue weighted by Gasteiger charge is 2.41. The lowest BCUT2D eigenvalue weighted by molar-refractivity contribution is 0.0182. The van der Waals surface area contributed by atoms with Crippen molar-refractivity contribution in [2.75, 3.05) is 14.1 Å². The smallest absolute Gasteiger partial charge is 0.271 e. The number of imide groups is 2. The van der Waals surface area contributed by atoms with Crippen molar-refractivity contribution in [2.24, 2.45) is 0 Å². The molecule has 28 heavy (non-hydrogen) atoms. The van der Waals surface area contributed by atoms with E-state index >= 15 is 0 Å². The van der Waals surface area contributed by atoms with Crippen LogP contribution >= 0.6 is 0 Å². The van der Waals surface area contributed by atoms with E-state index in [-0.39, 0.29) is 17.9 Å². The number of rotatable bonds is 4. The Labute approximate surface area is 162 Å². The highest BCUT2D eigenvalue weighted by atomic mass is 16.2. The summed E-state index contributed by atoms with van der Waals surface area (Å²) in [6, 6.07) is 6.15. The van der Waals surface area contributed by atoms with Gasteiger partial charge in [0.25, 0.3) is 23.6 Å². The van der Waals surface area contributed by atoms with Crippen LogP contribution < -0.4 is 0 Å². The molecule has 0 saturated carbocycles. The molecule has 0 radical (unpaired) electrons. The Morgan fingerprint density at radius 2 is 1.07 bits per heavy atom. The predicted octanol–water partition coefficient (Wildman–Crippen LogP) is 2.70. The van der Waals surface area contributed by atoms with E-state index in [1.165, 1.54) is 9.91 Å². The Bertz CT molecular complexity index is 998. The Hall–Kier alpha value is -3.06. The zero-order valence-corrected chi connectivity index (χ0v) is 16.3. The summed E-state index contributed by atoms with van der Waals surface area (Å²) in [6.45, 7) is 3.88. The maximum atomic E-state index is 13.2. The zero-order chi connectivity index (χ0) is 20.3. The van der Waals surface area contributed by atoms with Crippen LogP contribution in [0, 0.1) is 0 Å². The van der Waals surface area contributed by atoms with E-state index < -0.39 is 11.8 Å². The average Bonchev–Trinajstić information content (AvgIpc) is 2.67. The van der Waals surface area contributed by atoms with Gasteiger partial charge in [-0.3, -0.25) is 24.1 Å². The van der Waals surface area contributed by atoms with Crippen LogP contribution in [-0.4, -0.2) is 58.7 Å². The number of hydrazine groups is 1. The first-order valence-corrected chi connectivity index (χ1v) is 9.37. The van der Waals surface area contributed by atoms with Gasteiger partial charge in [0.05, 0.1) is 11.1 Å². The molecule has 0 N–H and O–H groups in total. The lowest BCUT2D eigenvalue weighted by atomic mass is 9.85. The van der Waals surface area contributed by atoms with Crippen LogP contribution in [0.3, 0.4) is 0 Å². The summed E-state index contributed by atoms with van der Waals surface area (Å²) in [5.41, 5.74) is 1.36. The highest BCUT2D eigenvalue weighted by Crippen LogP contribution is 2.38. The third-order valence-corrected chi connectivity index (χ3v) is 5.61. The minimum absolute atomic E-state index is 0.192. The van der Waals surface area contributed by atoms with Crippen molar-refractivity contribution in [3.05, 3.63) is 46.5 Å². The summed E-state index contributed by atoms with van der Waals surface area (Å²) in [5.74, 6) is -1.67. The third kappa shape index (κ3) is 2.19. The van der Waals surface area contributed by atoms with Crippen LogP contribution in [0.2, 0.25) is 0 Å². The van der Waals surface area contributed by atoms with Crippen LogP contribution in [-0.2, 0) is 0 Å². The van der Waals surface area contributed by atoms with E-state index in [9.17, 15) is 19.2 Å². The molecule has 2 aliphatic rings. The summed E-state index contributed by atoms with van der Waals surface area (Å²) in [6.07, 6.45) is 1.33. The fourth-order valence-corrected chi connectivity index (χ4v) is 4.23. The molecule has 0 unspecified atom stereocenters. The molecule has 2 aromatic carbocycles. The van der Waals surface area contributed by atoms with Crippen molar-refractivity contribution >= 4 is 34.4 Å². The molecule has 0 fully saturated rings. The van der Waals surface area contributed by atoms with Crippen LogP contribution in [0.25, 0.3) is 10.8 Å². The van der Waals surface area contributed by atoms with Crippen LogP contribution in [0.4, 0.5) is 0 Å². The van der Waals surface area contributed by atoms with Crippen molar-refractivity contribution in [2.45, 2.75) is 32.7 Å². The molecule has 0 aliphatic carbocycles. The Kier molecular flexibility index (Phi) is 4.08. The molecule has 0 bridgehead atoms. The van der Waals surface area contributed by atoms with Gasteiger partial charge in [-0.1, -0.05) is 13.8 Å². The van der Waals surface area contributed by atoms with E-state index in [1.54, 1.807) is 38.4 Å². The molecule has 2 aromatic rings. The van der Waals surface area contributed by atoms with E-state index in [2.05, 4.69) is 0 Å². The van der Waals surface area contributed by atoms with Gasteiger partial charge >= 0.3 is 0 Å². The zero-order valence-electron chi connectivity index (χ0n) is 16.3. The second kappa shape index (κ2) is 6.24. The largest absolute Gasteiger partial charge is 0.276 e. The first-order chi connectivity index (χ1) is 13.3. The summed E-state index contributed by atoms with van der Waals surface area (Å²) >= 11 is 0. The molecule has 7 heteroatoms. The quantitative estimate of drug-likeness (QED) is 0.764. The van der Waals surface area contributed by atoms with E-state index in [0.29, 0.717) is 45.9 Å². The standard InChI is InChI=1S/C21H21N3O4/c1-5-11(6-2)23-18(25)12-7-9-14-17-15(10-8-13(16(12)17)19(23)26)21(28)24(20(14)27)22(3)4/h7-11H,5-6H2,1-4H3. The number of carbonyl (C=O) groups excluding carboxylic acids is 4. The monoisotopic (exact) mass is 379 g/mol. The van der Waals surface area contributed by atoms with E-state index in [4.69, 9.17) is 0 Å². The van der Waals surface area contributed by atoms with E-state index in [1.807, 2.05) is 13.8 Å². The van der Waals surface area contributed by atoms with Crippen LogP contribution in [0.5, 0.6) is 0 Å². The van der Waals surface area contributed by atoms with Crippen molar-refractivity contribution in [1.29, 1.82) is 0 Å². The molecule has 144 valence electrons. The number of hydrogen-bond donors (Lipinski definition) is 0. The van der Waals surface area contributed by atoms with Gasteiger partial charge in [-0.15, -0.1) is 0 Å². The highest BCUT2D eigenvalue weighted by molar-refractivity contribution is 6.33. The van der Waals surface area contributed by atoms with Gasteiger partial charge in [-0.2, -0.15) is 0 Å². The fourth-order valence-electron chi connectivity index (χ4n) is 4.23. The summed E-state index contributed by atoms with van der Waals surface area (Å²) in [4.78, 5) is 53.4. The topological polar surface area (TPSA) is 78.0 Å². The van der Waals surface area contributed by atoms with Gasteiger partial charge in [-0.05, 0) is 37.1 Å². The molecule has 0 spiro atoms. The van der Waals surface area contributed by atoms with Crippen molar-refractivity contribution in [3.8, 4) is 0 Å². The minimum atomic E-state index is -0.464. The second-order valence-electron chi connectivity index (χ2n) is 7.29. The van der Waals surface area contributed by atoms with Gasteiger partial charge in [0.2, 0.25) is 0 Å². The molecule has 0 saturated heterocycles. The number of nitrogens with zero attached hydrogens (tertiary/aromatic N) is 3. The first-order valence-electron chi connectivity index (χ1n) is 9.37. The molecule has 0 atom stereocenters. The Morgan fingerprint density at radius 3 is 1.39 bits per heavy atom. The van der Waals surface area contributed by atoms with Crippen molar-refractivity contribution in [3.63, 3.8) is 0 Å². The molecule has 2 aliphatic heterocycles. The molecular formula is C21H21N3O4. The molecule has 0 aromatic heterocycles. The van der Waals surface area contributed by atoms with Gasteiger partial charge in [-0.25, -0.2) is 10.0 Å². The van der Waals surface area contributed by atoms with Crippen LogP contribution in [0.15, 0.2) is 24.3 Å². The maximum Gasteiger partial charge on any atom is 0.276 e. The fraction of sp³-hybridized carbons (Fsp3) is 0.333. The number of carbonyl (C=O) groups is 4. The molecule has 7 nitrogen and oxygen atoms in total. The number of benzene rings is 2. The Balaban J connectivity index is 2.02. The second-order valence-corrected chi connectivity index (χ2v) is 7.29. The minimum Gasteiger partial charge on any atom is -0.271 e. The molecule has 2 heterocycles. The van der Waals surface area contributed by atoms with E-state index in [0.717, 1.165) is 5.01 Å². The first kappa shape index (κ1) is 18.3. The van der Waals surface area contributed by atoms with Gasteiger partial charge in [0.1, 0.15) is 0 Å². The summed E-state index contributed by atoms with van der Waals surface area (Å²) < 4.78 is 0. The Morgan fingerprint density at radius 1 is 0.714 bits per heavy atom. The van der Waals surface area contributed by atoms with Crippen LogP contribution in [0.1, 0.15) is 68.1 Å². The molecule has 4 amide bonds. The number of hydrogen-bond acceptors (Lipinski definition) is 5. The lowest BCUT2D eigenvalue weighted by Crippen LogP contribution is -2.49.